The molecule has 156 valence electrons. The predicted molar refractivity (Wildman–Crippen MR) is 115 cm³/mol. The van der Waals surface area contributed by atoms with Gasteiger partial charge in [0.2, 0.25) is 0 Å². The number of rotatable bonds is 7. The molecular weight excluding hydrogens is 388 g/mol. The van der Waals surface area contributed by atoms with Gasteiger partial charge in [0.05, 0.1) is 11.7 Å². The Morgan fingerprint density at radius 2 is 1.59 bits per heavy atom. The van der Waals surface area contributed by atoms with E-state index in [1.165, 1.54) is 26.0 Å². The molecule has 0 unspecified atom stereocenters. The smallest absolute Gasteiger partial charge is 0.294 e. The molecule has 29 heavy (non-hydrogen) atoms. The number of hydrogen-bond donors (Lipinski definition) is 0. The monoisotopic (exact) mass is 416 g/mol. The van der Waals surface area contributed by atoms with Gasteiger partial charge in [-0.25, -0.2) is 0 Å². The number of hydrogen-bond acceptors (Lipinski definition) is 5. The number of Topliss-reactive ketones (excluding diaryl/α,β-unsaturated/α-hetero) is 2. The highest BCUT2D eigenvalue weighted by molar-refractivity contribution is 7.87. The average molecular weight is 417 g/mol. The van der Waals surface area contributed by atoms with E-state index >= 15 is 0 Å². The molecular formula is C23H28O5S. The molecule has 0 heterocycles. The van der Waals surface area contributed by atoms with Crippen LogP contribution < -0.4 is 0 Å². The first-order chi connectivity index (χ1) is 13.3. The fourth-order valence-electron chi connectivity index (χ4n) is 3.24. The average Bonchev–Trinajstić information content (AvgIpc) is 2.84. The summed E-state index contributed by atoms with van der Waals surface area (Å²) < 4.78 is 31.1. The van der Waals surface area contributed by atoms with Crippen LogP contribution in [0.25, 0.3) is 17.2 Å². The first-order valence-corrected chi connectivity index (χ1v) is 11.0. The SMILES string of the molecule is CC(=O)C(=Cc1cc(S(=O)(=O)OC(C)C)c2c(C)ccc(C(C)C)cc1-2)C(C)=O. The van der Waals surface area contributed by atoms with Crippen LogP contribution in [-0.4, -0.2) is 26.1 Å². The highest BCUT2D eigenvalue weighted by Crippen LogP contribution is 2.40. The molecule has 2 rings (SSSR count). The lowest BCUT2D eigenvalue weighted by Crippen LogP contribution is -2.12. The van der Waals surface area contributed by atoms with E-state index in [1.54, 1.807) is 13.8 Å². The summed E-state index contributed by atoms with van der Waals surface area (Å²) in [5.74, 6) is -0.518. The summed E-state index contributed by atoms with van der Waals surface area (Å²) in [6.45, 7) is 11.9. The molecule has 0 aromatic rings. The number of aryl methyl sites for hydroxylation is 1. The lowest BCUT2D eigenvalue weighted by Gasteiger charge is -2.10. The highest BCUT2D eigenvalue weighted by Gasteiger charge is 2.28. The second-order valence-electron chi connectivity index (χ2n) is 7.84. The summed E-state index contributed by atoms with van der Waals surface area (Å²) >= 11 is 0. The quantitative estimate of drug-likeness (QED) is 0.278. The van der Waals surface area contributed by atoms with Crippen LogP contribution in [0.3, 0.4) is 0 Å². The minimum absolute atomic E-state index is 0.0286. The van der Waals surface area contributed by atoms with E-state index in [-0.39, 0.29) is 28.0 Å². The van der Waals surface area contributed by atoms with Gasteiger partial charge in [-0.3, -0.25) is 13.8 Å². The zero-order chi connectivity index (χ0) is 22.1. The van der Waals surface area contributed by atoms with Gasteiger partial charge in [0, 0.05) is 5.56 Å². The second-order valence-corrected chi connectivity index (χ2v) is 9.38. The Bertz CT molecular complexity index is 1040. The summed E-state index contributed by atoms with van der Waals surface area (Å²) in [4.78, 5) is 23.9. The standard InChI is InChI=1S/C23H28O5S/c1-13(2)18-9-8-15(5)23-21(10-18)19(11-20(16(6)24)17(7)25)12-22(23)29(26,27)28-14(3)4/h8-14H,1-7H3. The molecule has 0 bridgehead atoms. The largest absolute Gasteiger partial charge is 0.297 e. The Balaban J connectivity index is 2.94. The zero-order valence-electron chi connectivity index (χ0n) is 18.0. The van der Waals surface area contributed by atoms with Crippen molar-refractivity contribution in [3.05, 3.63) is 46.5 Å². The molecule has 0 atom stereocenters. The van der Waals surface area contributed by atoms with Gasteiger partial charge in [0.1, 0.15) is 4.90 Å². The van der Waals surface area contributed by atoms with E-state index in [1.807, 2.05) is 39.0 Å². The van der Waals surface area contributed by atoms with Crippen LogP contribution in [0.2, 0.25) is 0 Å². The van der Waals surface area contributed by atoms with E-state index < -0.39 is 16.2 Å². The van der Waals surface area contributed by atoms with E-state index in [0.29, 0.717) is 16.7 Å². The number of fused-ring (bicyclic) bond motifs is 1. The van der Waals surface area contributed by atoms with Crippen LogP contribution in [0.1, 0.15) is 64.2 Å². The van der Waals surface area contributed by atoms with Crippen LogP contribution in [0.5, 0.6) is 0 Å². The maximum atomic E-state index is 12.9. The summed E-state index contributed by atoms with van der Waals surface area (Å²) in [6.07, 6.45) is 0.961. The lowest BCUT2D eigenvalue weighted by atomic mass is 9.99. The van der Waals surface area contributed by atoms with Crippen molar-refractivity contribution < 1.29 is 22.2 Å². The van der Waals surface area contributed by atoms with Gasteiger partial charge in [0.15, 0.2) is 11.6 Å². The summed E-state index contributed by atoms with van der Waals surface area (Å²) in [5.41, 5.74) is 3.53. The molecule has 0 N–H and O–H groups in total. The molecule has 2 aliphatic carbocycles. The van der Waals surface area contributed by atoms with Crippen molar-refractivity contribution in [2.24, 2.45) is 0 Å². The Morgan fingerprint density at radius 3 is 2.07 bits per heavy atom. The van der Waals surface area contributed by atoms with E-state index in [9.17, 15) is 18.0 Å². The van der Waals surface area contributed by atoms with E-state index in [2.05, 4.69) is 0 Å². The van der Waals surface area contributed by atoms with Crippen LogP contribution >= 0.6 is 0 Å². The Kier molecular flexibility index (Phi) is 6.81. The topological polar surface area (TPSA) is 77.5 Å². The van der Waals surface area contributed by atoms with Gasteiger partial charge in [0.25, 0.3) is 10.1 Å². The van der Waals surface area contributed by atoms with Gasteiger partial charge < -0.3 is 0 Å². The van der Waals surface area contributed by atoms with Crippen molar-refractivity contribution in [2.75, 3.05) is 0 Å². The maximum Gasteiger partial charge on any atom is 0.297 e. The van der Waals surface area contributed by atoms with Crippen molar-refractivity contribution in [1.82, 2.24) is 0 Å². The fraction of sp³-hybridized carbons (Fsp3) is 0.391. The molecule has 0 radical (unpaired) electrons. The Labute approximate surface area is 173 Å². The molecule has 0 aromatic heterocycles. The molecule has 0 saturated carbocycles. The number of carbonyl (C=O) groups excluding carboxylic acids is 2. The van der Waals surface area contributed by atoms with Gasteiger partial charge >= 0.3 is 0 Å². The highest BCUT2D eigenvalue weighted by atomic mass is 32.2. The summed E-state index contributed by atoms with van der Waals surface area (Å²) in [7, 11) is -4.03. The van der Waals surface area contributed by atoms with Crippen LogP contribution in [0, 0.1) is 6.92 Å². The molecule has 0 aromatic carbocycles. The van der Waals surface area contributed by atoms with Crippen molar-refractivity contribution >= 4 is 27.8 Å². The van der Waals surface area contributed by atoms with Crippen molar-refractivity contribution in [3.63, 3.8) is 0 Å². The van der Waals surface area contributed by atoms with Crippen molar-refractivity contribution in [3.8, 4) is 11.1 Å². The van der Waals surface area contributed by atoms with Crippen molar-refractivity contribution in [2.45, 2.75) is 65.4 Å². The molecule has 0 spiro atoms. The molecule has 0 amide bonds. The Morgan fingerprint density at radius 1 is 1.00 bits per heavy atom. The third-order valence-corrected chi connectivity index (χ3v) is 6.16. The van der Waals surface area contributed by atoms with Gasteiger partial charge in [-0.2, -0.15) is 8.42 Å². The zero-order valence-corrected chi connectivity index (χ0v) is 18.8. The molecule has 0 fully saturated rings. The van der Waals surface area contributed by atoms with Crippen molar-refractivity contribution in [1.29, 1.82) is 0 Å². The third-order valence-electron chi connectivity index (χ3n) is 4.66. The molecule has 6 heteroatoms. The second kappa shape index (κ2) is 8.59. The van der Waals surface area contributed by atoms with Gasteiger partial charge in [-0.1, -0.05) is 32.0 Å². The molecule has 2 aliphatic rings. The maximum absolute atomic E-state index is 12.9. The number of carbonyl (C=O) groups is 2. The Hall–Kier alpha value is -2.31. The molecule has 5 nitrogen and oxygen atoms in total. The minimum Gasteiger partial charge on any atom is -0.294 e. The van der Waals surface area contributed by atoms with Gasteiger partial charge in [-0.15, -0.1) is 0 Å². The first kappa shape index (κ1) is 23.0. The van der Waals surface area contributed by atoms with E-state index in [4.69, 9.17) is 4.18 Å². The molecule has 0 aliphatic heterocycles. The van der Waals surface area contributed by atoms with Gasteiger partial charge in [-0.05, 0) is 74.9 Å². The molecule has 0 saturated heterocycles. The van der Waals surface area contributed by atoms with Crippen LogP contribution in [-0.2, 0) is 23.9 Å². The fourth-order valence-corrected chi connectivity index (χ4v) is 4.64. The summed E-state index contributed by atoms with van der Waals surface area (Å²) in [5, 5.41) is 0. The predicted octanol–water partition coefficient (Wildman–Crippen LogP) is 4.90. The normalized spacial score (nSPS) is 11.9. The van der Waals surface area contributed by atoms with Crippen LogP contribution in [0.4, 0.5) is 0 Å². The third kappa shape index (κ3) is 5.00. The lowest BCUT2D eigenvalue weighted by molar-refractivity contribution is -0.119. The number of allylic oxidation sites excluding steroid dienone is 1. The van der Waals surface area contributed by atoms with E-state index in [0.717, 1.165) is 11.1 Å². The number of ketones is 2. The minimum atomic E-state index is -4.03. The van der Waals surface area contributed by atoms with Crippen LogP contribution in [0.15, 0.2) is 34.7 Å². The summed E-state index contributed by atoms with van der Waals surface area (Å²) in [6, 6.07) is 7.26. The first-order valence-electron chi connectivity index (χ1n) is 9.59.